The molecule has 0 aliphatic carbocycles. The fraction of sp³-hybridized carbons (Fsp3) is 0.846. The van der Waals surface area contributed by atoms with E-state index in [1.165, 1.54) is 0 Å². The van der Waals surface area contributed by atoms with Crippen molar-refractivity contribution in [3.8, 4) is 0 Å². The highest BCUT2D eigenvalue weighted by Gasteiger charge is 2.40. The van der Waals surface area contributed by atoms with Gasteiger partial charge in [0.2, 0.25) is 5.91 Å². The number of likely N-dealkylation sites (tertiary alicyclic amines) is 1. The maximum atomic E-state index is 12.6. The first kappa shape index (κ1) is 14.4. The van der Waals surface area contributed by atoms with Crippen molar-refractivity contribution < 1.29 is 4.79 Å². The van der Waals surface area contributed by atoms with Gasteiger partial charge in [-0.15, -0.1) is 0 Å². The summed E-state index contributed by atoms with van der Waals surface area (Å²) in [5.74, 6) is 0.804. The molecule has 3 unspecified atom stereocenters. The van der Waals surface area contributed by atoms with Gasteiger partial charge >= 0.3 is 0 Å². The van der Waals surface area contributed by atoms with Gasteiger partial charge in [0.05, 0.1) is 10.4 Å². The molecule has 0 bridgehead atoms. The number of amides is 1. The Morgan fingerprint density at radius 1 is 1.53 bits per heavy atom. The molecule has 0 aromatic rings. The number of carbonyl (C=O) groups excluding carboxylic acids is 1. The van der Waals surface area contributed by atoms with Gasteiger partial charge in [-0.3, -0.25) is 4.79 Å². The molecule has 0 aromatic heterocycles. The molecular weight excluding hydrogens is 232 g/mol. The normalized spacial score (nSPS) is 28.6. The third-order valence-electron chi connectivity index (χ3n) is 4.12. The van der Waals surface area contributed by atoms with Crippen LogP contribution in [0.4, 0.5) is 0 Å². The van der Waals surface area contributed by atoms with E-state index in [1.54, 1.807) is 0 Å². The molecule has 17 heavy (non-hydrogen) atoms. The van der Waals surface area contributed by atoms with Gasteiger partial charge in [0, 0.05) is 12.6 Å². The largest absolute Gasteiger partial charge is 0.392 e. The zero-order valence-electron chi connectivity index (χ0n) is 11.3. The number of nitrogens with zero attached hydrogens (tertiary/aromatic N) is 1. The van der Waals surface area contributed by atoms with E-state index in [-0.39, 0.29) is 5.91 Å². The van der Waals surface area contributed by atoms with Gasteiger partial charge in [0.25, 0.3) is 0 Å². The summed E-state index contributed by atoms with van der Waals surface area (Å²) in [5, 5.41) is 0. The zero-order chi connectivity index (χ0) is 13.2. The lowest BCUT2D eigenvalue weighted by atomic mass is 9.83. The topological polar surface area (TPSA) is 46.3 Å². The molecule has 1 saturated heterocycles. The van der Waals surface area contributed by atoms with Crippen LogP contribution in [0.5, 0.6) is 0 Å². The summed E-state index contributed by atoms with van der Waals surface area (Å²) in [6.45, 7) is 9.02. The van der Waals surface area contributed by atoms with Crippen LogP contribution in [0.15, 0.2) is 0 Å². The Morgan fingerprint density at radius 3 is 2.53 bits per heavy atom. The molecule has 1 amide bonds. The van der Waals surface area contributed by atoms with E-state index in [9.17, 15) is 4.79 Å². The number of thiocarbonyl (C=S) groups is 1. The van der Waals surface area contributed by atoms with E-state index in [2.05, 4.69) is 13.8 Å². The van der Waals surface area contributed by atoms with Crippen molar-refractivity contribution in [3.63, 3.8) is 0 Å². The van der Waals surface area contributed by atoms with Crippen molar-refractivity contribution in [1.29, 1.82) is 0 Å². The maximum absolute atomic E-state index is 12.6. The van der Waals surface area contributed by atoms with Crippen LogP contribution in [-0.2, 0) is 4.79 Å². The highest BCUT2D eigenvalue weighted by atomic mass is 32.1. The summed E-state index contributed by atoms with van der Waals surface area (Å²) >= 11 is 5.07. The molecule has 3 atom stereocenters. The van der Waals surface area contributed by atoms with Gasteiger partial charge in [-0.25, -0.2) is 0 Å². The second-order valence-electron chi connectivity index (χ2n) is 5.53. The van der Waals surface area contributed by atoms with Crippen molar-refractivity contribution in [3.05, 3.63) is 0 Å². The van der Waals surface area contributed by atoms with Gasteiger partial charge in [-0.2, -0.15) is 0 Å². The number of hydrogen-bond donors (Lipinski definition) is 1. The van der Waals surface area contributed by atoms with Gasteiger partial charge in [0.15, 0.2) is 0 Å². The number of hydrogen-bond acceptors (Lipinski definition) is 2. The lowest BCUT2D eigenvalue weighted by Gasteiger charge is -2.41. The molecule has 0 saturated carbocycles. The van der Waals surface area contributed by atoms with E-state index >= 15 is 0 Å². The fourth-order valence-electron chi connectivity index (χ4n) is 2.46. The van der Waals surface area contributed by atoms with Crippen LogP contribution in [0.25, 0.3) is 0 Å². The summed E-state index contributed by atoms with van der Waals surface area (Å²) in [6, 6.07) is 0.298. The van der Waals surface area contributed by atoms with Crippen LogP contribution in [0, 0.1) is 11.3 Å². The highest BCUT2D eigenvalue weighted by molar-refractivity contribution is 7.80. The van der Waals surface area contributed by atoms with E-state index in [0.29, 0.717) is 23.4 Å². The number of carbonyl (C=O) groups is 1. The summed E-state index contributed by atoms with van der Waals surface area (Å²) < 4.78 is 0. The van der Waals surface area contributed by atoms with Crippen molar-refractivity contribution in [2.24, 2.45) is 17.1 Å². The van der Waals surface area contributed by atoms with Crippen molar-refractivity contribution >= 4 is 23.1 Å². The van der Waals surface area contributed by atoms with Crippen LogP contribution in [0.3, 0.4) is 0 Å². The predicted molar refractivity (Wildman–Crippen MR) is 74.8 cm³/mol. The molecule has 98 valence electrons. The quantitative estimate of drug-likeness (QED) is 0.788. The lowest BCUT2D eigenvalue weighted by Crippen LogP contribution is -2.53. The summed E-state index contributed by atoms with van der Waals surface area (Å²) in [7, 11) is 0. The van der Waals surface area contributed by atoms with Crippen molar-refractivity contribution in [2.45, 2.75) is 53.0 Å². The first-order valence-corrected chi connectivity index (χ1v) is 6.84. The summed E-state index contributed by atoms with van der Waals surface area (Å²) in [4.78, 5) is 14.8. The van der Waals surface area contributed by atoms with Crippen LogP contribution in [0.1, 0.15) is 47.0 Å². The van der Waals surface area contributed by atoms with Crippen molar-refractivity contribution in [1.82, 2.24) is 4.90 Å². The molecule has 1 fully saturated rings. The Labute approximate surface area is 110 Å². The van der Waals surface area contributed by atoms with Crippen molar-refractivity contribution in [2.75, 3.05) is 6.54 Å². The SMILES string of the molecule is CCC(C)(C(=O)N1CCC(C)CC1C)C(N)=S. The molecule has 1 heterocycles. The Bertz CT molecular complexity index is 319. The highest BCUT2D eigenvalue weighted by Crippen LogP contribution is 2.30. The molecular formula is C13H24N2OS. The lowest BCUT2D eigenvalue weighted by molar-refractivity contribution is -0.141. The standard InChI is InChI=1S/C13H24N2OS/c1-5-13(4,11(14)17)12(16)15-7-6-9(2)8-10(15)3/h9-10H,5-8H2,1-4H3,(H2,14,17). The second kappa shape index (κ2) is 5.34. The van der Waals surface area contributed by atoms with E-state index in [0.717, 1.165) is 19.4 Å². The zero-order valence-corrected chi connectivity index (χ0v) is 12.1. The molecule has 0 aromatic carbocycles. The molecule has 0 radical (unpaired) electrons. The molecule has 1 rings (SSSR count). The Balaban J connectivity index is 2.85. The maximum Gasteiger partial charge on any atom is 0.235 e. The molecule has 4 heteroatoms. The average Bonchev–Trinajstić information content (AvgIpc) is 2.26. The summed E-state index contributed by atoms with van der Waals surface area (Å²) in [6.07, 6.45) is 2.82. The van der Waals surface area contributed by atoms with Crippen LogP contribution in [0.2, 0.25) is 0 Å². The summed E-state index contributed by atoms with van der Waals surface area (Å²) in [5.41, 5.74) is 5.07. The predicted octanol–water partition coefficient (Wildman–Crippen LogP) is 2.34. The second-order valence-corrected chi connectivity index (χ2v) is 5.97. The fourth-order valence-corrected chi connectivity index (χ4v) is 2.69. The number of piperidine rings is 1. The number of nitrogens with two attached hydrogens (primary N) is 1. The first-order chi connectivity index (χ1) is 7.82. The van der Waals surface area contributed by atoms with E-state index < -0.39 is 5.41 Å². The number of rotatable bonds is 3. The Morgan fingerprint density at radius 2 is 2.12 bits per heavy atom. The smallest absolute Gasteiger partial charge is 0.235 e. The van der Waals surface area contributed by atoms with Crippen LogP contribution in [-0.4, -0.2) is 28.4 Å². The minimum Gasteiger partial charge on any atom is -0.392 e. The monoisotopic (exact) mass is 256 g/mol. The average molecular weight is 256 g/mol. The Hall–Kier alpha value is -0.640. The van der Waals surface area contributed by atoms with Gasteiger partial charge in [-0.05, 0) is 39.0 Å². The van der Waals surface area contributed by atoms with Gasteiger partial charge < -0.3 is 10.6 Å². The van der Waals surface area contributed by atoms with E-state index in [1.807, 2.05) is 18.7 Å². The first-order valence-electron chi connectivity index (χ1n) is 6.44. The Kier molecular flexibility index (Phi) is 4.53. The van der Waals surface area contributed by atoms with Gasteiger partial charge in [0.1, 0.15) is 0 Å². The van der Waals surface area contributed by atoms with Crippen LogP contribution < -0.4 is 5.73 Å². The minimum absolute atomic E-state index is 0.104. The van der Waals surface area contributed by atoms with E-state index in [4.69, 9.17) is 18.0 Å². The third kappa shape index (κ3) is 2.79. The molecule has 3 nitrogen and oxygen atoms in total. The molecule has 1 aliphatic heterocycles. The third-order valence-corrected chi connectivity index (χ3v) is 4.57. The molecule has 1 aliphatic rings. The minimum atomic E-state index is -0.676. The molecule has 0 spiro atoms. The van der Waals surface area contributed by atoms with Crippen LogP contribution >= 0.6 is 12.2 Å². The van der Waals surface area contributed by atoms with Gasteiger partial charge in [-0.1, -0.05) is 26.1 Å². The molecule has 2 N–H and O–H groups in total.